The number of hydrogen-bond donors (Lipinski definition) is 2. The zero-order chi connectivity index (χ0) is 13.8. The molecule has 0 spiro atoms. The summed E-state index contributed by atoms with van der Waals surface area (Å²) in [5.74, 6) is -0.426. The number of benzene rings is 1. The molecule has 0 fully saturated rings. The Kier molecular flexibility index (Phi) is 4.55. The summed E-state index contributed by atoms with van der Waals surface area (Å²) in [6.45, 7) is 1.71. The van der Waals surface area contributed by atoms with Crippen molar-refractivity contribution in [1.29, 1.82) is 0 Å². The van der Waals surface area contributed by atoms with E-state index in [0.717, 1.165) is 0 Å². The van der Waals surface area contributed by atoms with Gasteiger partial charge in [0.05, 0.1) is 18.4 Å². The lowest BCUT2D eigenvalue weighted by molar-refractivity contribution is 0.0982. The lowest BCUT2D eigenvalue weighted by Gasteiger charge is -2.09. The molecule has 1 rings (SSSR count). The van der Waals surface area contributed by atoms with Crippen LogP contribution in [0.5, 0.6) is 5.75 Å². The third-order valence-electron chi connectivity index (χ3n) is 2.23. The molecule has 0 aliphatic carbocycles. The molecule has 1 amide bonds. The maximum Gasteiger partial charge on any atom is 0.266 e. The number of ether oxygens (including phenoxy) is 1. The fourth-order valence-corrected chi connectivity index (χ4v) is 2.41. The summed E-state index contributed by atoms with van der Waals surface area (Å²) in [5.41, 5.74) is 5.90. The van der Waals surface area contributed by atoms with E-state index < -0.39 is 15.9 Å². The number of rotatable bonds is 5. The predicted molar refractivity (Wildman–Crippen MR) is 69.0 cm³/mol. The number of nitrogens with one attached hydrogen (secondary N) is 1. The SMILES string of the molecule is CCCS(=O)(=O)NC(=O)c1cc(OC)ccc1N. The zero-order valence-electron chi connectivity index (χ0n) is 10.3. The van der Waals surface area contributed by atoms with Crippen molar-refractivity contribution in [1.82, 2.24) is 4.72 Å². The number of nitrogens with two attached hydrogens (primary N) is 1. The van der Waals surface area contributed by atoms with Crippen molar-refractivity contribution in [3.63, 3.8) is 0 Å². The van der Waals surface area contributed by atoms with Gasteiger partial charge < -0.3 is 10.5 Å². The number of methoxy groups -OCH3 is 1. The molecule has 18 heavy (non-hydrogen) atoms. The molecule has 1 aromatic rings. The van der Waals surface area contributed by atoms with Crippen molar-refractivity contribution in [3.8, 4) is 5.75 Å². The topological polar surface area (TPSA) is 98.5 Å². The molecule has 6 nitrogen and oxygen atoms in total. The number of anilines is 1. The summed E-state index contributed by atoms with van der Waals surface area (Å²) < 4.78 is 29.9. The van der Waals surface area contributed by atoms with E-state index in [1.165, 1.54) is 19.2 Å². The van der Waals surface area contributed by atoms with Gasteiger partial charge >= 0.3 is 0 Å². The number of hydrogen-bond acceptors (Lipinski definition) is 5. The first kappa shape index (κ1) is 14.3. The first-order valence-electron chi connectivity index (χ1n) is 5.38. The predicted octanol–water partition coefficient (Wildman–Crippen LogP) is 0.747. The van der Waals surface area contributed by atoms with E-state index in [-0.39, 0.29) is 17.0 Å². The normalized spacial score (nSPS) is 11.0. The van der Waals surface area contributed by atoms with Gasteiger partial charge in [-0.3, -0.25) is 4.79 Å². The van der Waals surface area contributed by atoms with Crippen molar-refractivity contribution in [3.05, 3.63) is 23.8 Å². The Morgan fingerprint density at radius 3 is 2.67 bits per heavy atom. The van der Waals surface area contributed by atoms with E-state index in [0.29, 0.717) is 12.2 Å². The molecule has 0 heterocycles. The first-order chi connectivity index (χ1) is 8.39. The Balaban J connectivity index is 2.97. The lowest BCUT2D eigenvalue weighted by Crippen LogP contribution is -2.32. The van der Waals surface area contributed by atoms with Gasteiger partial charge in [-0.1, -0.05) is 6.92 Å². The molecule has 7 heteroatoms. The van der Waals surface area contributed by atoms with E-state index in [2.05, 4.69) is 0 Å². The number of nitrogen functional groups attached to an aromatic ring is 1. The Hall–Kier alpha value is -1.76. The second-order valence-corrected chi connectivity index (χ2v) is 5.55. The Labute approximate surface area is 106 Å². The van der Waals surface area contributed by atoms with Gasteiger partial charge in [0.2, 0.25) is 10.0 Å². The molecule has 0 aliphatic heterocycles. The zero-order valence-corrected chi connectivity index (χ0v) is 11.1. The van der Waals surface area contributed by atoms with Crippen LogP contribution in [0.3, 0.4) is 0 Å². The van der Waals surface area contributed by atoms with Gasteiger partial charge in [-0.15, -0.1) is 0 Å². The fourth-order valence-electron chi connectivity index (χ4n) is 1.37. The van der Waals surface area contributed by atoms with Crippen molar-refractivity contribution >= 4 is 21.6 Å². The maximum absolute atomic E-state index is 11.8. The molecular weight excluding hydrogens is 256 g/mol. The van der Waals surface area contributed by atoms with Crippen LogP contribution in [0, 0.1) is 0 Å². The third kappa shape index (κ3) is 3.63. The summed E-state index contributed by atoms with van der Waals surface area (Å²) in [6.07, 6.45) is 0.427. The number of carbonyl (C=O) groups is 1. The molecular formula is C11H16N2O4S. The van der Waals surface area contributed by atoms with Crippen molar-refractivity contribution in [2.75, 3.05) is 18.6 Å². The first-order valence-corrected chi connectivity index (χ1v) is 7.03. The molecule has 0 bridgehead atoms. The molecule has 0 saturated carbocycles. The highest BCUT2D eigenvalue weighted by molar-refractivity contribution is 7.90. The van der Waals surface area contributed by atoms with E-state index in [9.17, 15) is 13.2 Å². The van der Waals surface area contributed by atoms with E-state index in [1.54, 1.807) is 13.0 Å². The highest BCUT2D eigenvalue weighted by Crippen LogP contribution is 2.19. The molecule has 100 valence electrons. The Morgan fingerprint density at radius 2 is 2.11 bits per heavy atom. The second-order valence-electron chi connectivity index (χ2n) is 3.70. The molecule has 1 aromatic carbocycles. The van der Waals surface area contributed by atoms with Crippen LogP contribution in [-0.2, 0) is 10.0 Å². The van der Waals surface area contributed by atoms with Crippen LogP contribution in [-0.4, -0.2) is 27.2 Å². The molecule has 0 aliphatic rings. The van der Waals surface area contributed by atoms with Crippen molar-refractivity contribution in [2.24, 2.45) is 0 Å². The van der Waals surface area contributed by atoms with Gasteiger partial charge in [0, 0.05) is 5.69 Å². The van der Waals surface area contributed by atoms with E-state index in [4.69, 9.17) is 10.5 Å². The number of sulfonamides is 1. The maximum atomic E-state index is 11.8. The van der Waals surface area contributed by atoms with Gasteiger partial charge in [-0.25, -0.2) is 13.1 Å². The van der Waals surface area contributed by atoms with E-state index >= 15 is 0 Å². The standard InChI is InChI=1S/C11H16N2O4S/c1-3-6-18(15,16)13-11(14)9-7-8(17-2)4-5-10(9)12/h4-5,7H,3,6,12H2,1-2H3,(H,13,14). The van der Waals surface area contributed by atoms with Crippen LogP contribution in [0.15, 0.2) is 18.2 Å². The molecule has 3 N–H and O–H groups in total. The summed E-state index contributed by atoms with van der Waals surface area (Å²) >= 11 is 0. The average Bonchev–Trinajstić information content (AvgIpc) is 2.28. The van der Waals surface area contributed by atoms with Crippen LogP contribution in [0.25, 0.3) is 0 Å². The van der Waals surface area contributed by atoms with Gasteiger partial charge in [0.1, 0.15) is 5.75 Å². The molecule has 0 saturated heterocycles. The highest BCUT2D eigenvalue weighted by atomic mass is 32.2. The van der Waals surface area contributed by atoms with Crippen LogP contribution >= 0.6 is 0 Å². The minimum atomic E-state index is -3.61. The largest absolute Gasteiger partial charge is 0.497 e. The summed E-state index contributed by atoms with van der Waals surface area (Å²) in [7, 11) is -2.17. The minimum absolute atomic E-state index is 0.0778. The second kappa shape index (κ2) is 5.72. The van der Waals surface area contributed by atoms with Crippen LogP contribution in [0.1, 0.15) is 23.7 Å². The van der Waals surface area contributed by atoms with Crippen molar-refractivity contribution in [2.45, 2.75) is 13.3 Å². The smallest absolute Gasteiger partial charge is 0.266 e. The minimum Gasteiger partial charge on any atom is -0.497 e. The van der Waals surface area contributed by atoms with Crippen LogP contribution in [0.4, 0.5) is 5.69 Å². The summed E-state index contributed by atoms with van der Waals surface area (Å²) in [5, 5.41) is 0. The van der Waals surface area contributed by atoms with Crippen LogP contribution < -0.4 is 15.2 Å². The number of carbonyl (C=O) groups excluding carboxylic acids is 1. The quantitative estimate of drug-likeness (QED) is 0.770. The van der Waals surface area contributed by atoms with Gasteiger partial charge in [0.25, 0.3) is 5.91 Å². The van der Waals surface area contributed by atoms with Gasteiger partial charge in [-0.05, 0) is 24.6 Å². The summed E-state index contributed by atoms with van der Waals surface area (Å²) in [6, 6.07) is 4.47. The fraction of sp³-hybridized carbons (Fsp3) is 0.364. The van der Waals surface area contributed by atoms with E-state index in [1.807, 2.05) is 4.72 Å². The Bertz CT molecular complexity index is 540. The van der Waals surface area contributed by atoms with Gasteiger partial charge in [0.15, 0.2) is 0 Å². The Morgan fingerprint density at radius 1 is 1.44 bits per heavy atom. The summed E-state index contributed by atoms with van der Waals surface area (Å²) in [4.78, 5) is 11.8. The average molecular weight is 272 g/mol. The highest BCUT2D eigenvalue weighted by Gasteiger charge is 2.17. The van der Waals surface area contributed by atoms with Gasteiger partial charge in [-0.2, -0.15) is 0 Å². The molecule has 0 unspecified atom stereocenters. The monoisotopic (exact) mass is 272 g/mol. The molecule has 0 atom stereocenters. The number of amides is 1. The molecule has 0 radical (unpaired) electrons. The van der Waals surface area contributed by atoms with Crippen LogP contribution in [0.2, 0.25) is 0 Å². The van der Waals surface area contributed by atoms with Crippen molar-refractivity contribution < 1.29 is 17.9 Å². The third-order valence-corrected chi connectivity index (χ3v) is 3.67. The molecule has 0 aromatic heterocycles. The lowest BCUT2D eigenvalue weighted by atomic mass is 10.1.